The summed E-state index contributed by atoms with van der Waals surface area (Å²) in [5.74, 6) is -0.218. The van der Waals surface area contributed by atoms with Gasteiger partial charge in [0.05, 0.1) is 10.2 Å². The zero-order chi connectivity index (χ0) is 12.3. The maximum atomic E-state index is 13.1. The molecule has 1 aromatic carbocycles. The molecule has 0 radical (unpaired) electrons. The van der Waals surface area contributed by atoms with Crippen LogP contribution in [0.1, 0.15) is 18.5 Å². The number of benzene rings is 1. The van der Waals surface area contributed by atoms with E-state index in [0.29, 0.717) is 0 Å². The molecule has 0 aliphatic rings. The molecule has 0 fully saturated rings. The number of hydrogen-bond donors (Lipinski definition) is 1. The van der Waals surface area contributed by atoms with Crippen LogP contribution in [0.2, 0.25) is 0 Å². The van der Waals surface area contributed by atoms with E-state index in [1.165, 1.54) is 12.1 Å². The average molecular weight is 295 g/mol. The lowest BCUT2D eigenvalue weighted by Crippen LogP contribution is -2.07. The van der Waals surface area contributed by atoms with Gasteiger partial charge >= 0.3 is 0 Å². The van der Waals surface area contributed by atoms with Crippen molar-refractivity contribution in [3.63, 3.8) is 0 Å². The number of hydrogen-bond acceptors (Lipinski definition) is 2. The van der Waals surface area contributed by atoms with Crippen LogP contribution in [0, 0.1) is 5.82 Å². The molecule has 88 valence electrons. The predicted molar refractivity (Wildman–Crippen MR) is 70.4 cm³/mol. The maximum Gasteiger partial charge on any atom is 0.123 e. The largest absolute Gasteiger partial charge is 0.378 e. The highest BCUT2D eigenvalue weighted by Gasteiger charge is 2.07. The second-order valence-electron chi connectivity index (χ2n) is 3.78. The number of anilines is 1. The number of nitrogens with zero attached hydrogens (tertiary/aromatic N) is 1. The Morgan fingerprint density at radius 2 is 2.18 bits per heavy atom. The first-order valence-electron chi connectivity index (χ1n) is 5.28. The maximum absolute atomic E-state index is 13.1. The molecule has 0 aliphatic carbocycles. The van der Waals surface area contributed by atoms with Gasteiger partial charge < -0.3 is 5.32 Å². The summed E-state index contributed by atoms with van der Waals surface area (Å²) in [5, 5.41) is 3.30. The summed E-state index contributed by atoms with van der Waals surface area (Å²) in [4.78, 5) is 3.99. The summed E-state index contributed by atoms with van der Waals surface area (Å²) in [6.07, 6.45) is 3.44. The first-order chi connectivity index (χ1) is 8.16. The second kappa shape index (κ2) is 5.27. The van der Waals surface area contributed by atoms with Crippen LogP contribution < -0.4 is 5.32 Å². The zero-order valence-corrected chi connectivity index (χ0v) is 10.9. The van der Waals surface area contributed by atoms with E-state index in [1.807, 2.05) is 19.1 Å². The molecule has 1 aromatic heterocycles. The fourth-order valence-electron chi connectivity index (χ4n) is 1.58. The molecule has 0 saturated carbocycles. The Bertz CT molecular complexity index is 516. The van der Waals surface area contributed by atoms with Crippen molar-refractivity contribution in [3.05, 3.63) is 58.6 Å². The van der Waals surface area contributed by atoms with Gasteiger partial charge in [-0.05, 0) is 46.6 Å². The second-order valence-corrected chi connectivity index (χ2v) is 4.63. The van der Waals surface area contributed by atoms with Gasteiger partial charge in [-0.3, -0.25) is 4.98 Å². The van der Waals surface area contributed by atoms with Crippen molar-refractivity contribution in [2.24, 2.45) is 0 Å². The van der Waals surface area contributed by atoms with Gasteiger partial charge in [0.15, 0.2) is 0 Å². The SMILES string of the molecule is CC(Nc1ccncc1Br)c1cccc(F)c1. The molecule has 2 nitrogen and oxygen atoms in total. The van der Waals surface area contributed by atoms with Crippen molar-refractivity contribution in [2.75, 3.05) is 5.32 Å². The lowest BCUT2D eigenvalue weighted by atomic mass is 10.1. The third-order valence-corrected chi connectivity index (χ3v) is 3.13. The zero-order valence-electron chi connectivity index (χ0n) is 9.32. The summed E-state index contributed by atoms with van der Waals surface area (Å²) in [5.41, 5.74) is 1.85. The Morgan fingerprint density at radius 3 is 2.88 bits per heavy atom. The van der Waals surface area contributed by atoms with E-state index in [1.54, 1.807) is 18.5 Å². The van der Waals surface area contributed by atoms with Crippen LogP contribution in [-0.2, 0) is 0 Å². The Morgan fingerprint density at radius 1 is 1.35 bits per heavy atom. The Hall–Kier alpha value is -1.42. The van der Waals surface area contributed by atoms with Crippen molar-refractivity contribution in [2.45, 2.75) is 13.0 Å². The normalized spacial score (nSPS) is 12.2. The number of halogens is 2. The molecule has 0 spiro atoms. The number of nitrogens with one attached hydrogen (secondary N) is 1. The topological polar surface area (TPSA) is 24.9 Å². The molecule has 2 rings (SSSR count). The first-order valence-corrected chi connectivity index (χ1v) is 6.07. The van der Waals surface area contributed by atoms with E-state index in [-0.39, 0.29) is 11.9 Å². The van der Waals surface area contributed by atoms with Crippen molar-refractivity contribution in [1.82, 2.24) is 4.98 Å². The van der Waals surface area contributed by atoms with E-state index < -0.39 is 0 Å². The Kier molecular flexibility index (Phi) is 3.74. The lowest BCUT2D eigenvalue weighted by molar-refractivity contribution is 0.623. The standard InChI is InChI=1S/C13H12BrFN2/c1-9(10-3-2-4-11(15)7-10)17-13-5-6-16-8-12(13)14/h2-9H,1H3,(H,16,17). The van der Waals surface area contributed by atoms with Gasteiger partial charge in [-0.2, -0.15) is 0 Å². The molecule has 1 unspecified atom stereocenters. The molecular weight excluding hydrogens is 283 g/mol. The highest BCUT2D eigenvalue weighted by molar-refractivity contribution is 9.10. The van der Waals surface area contributed by atoms with E-state index in [0.717, 1.165) is 15.7 Å². The number of pyridine rings is 1. The quantitative estimate of drug-likeness (QED) is 0.919. The van der Waals surface area contributed by atoms with Crippen LogP contribution in [0.15, 0.2) is 47.2 Å². The predicted octanol–water partition coefficient (Wildman–Crippen LogP) is 4.16. The van der Waals surface area contributed by atoms with Crippen molar-refractivity contribution < 1.29 is 4.39 Å². The van der Waals surface area contributed by atoms with Crippen molar-refractivity contribution in [3.8, 4) is 0 Å². The molecule has 17 heavy (non-hydrogen) atoms. The van der Waals surface area contributed by atoms with Crippen LogP contribution in [0.3, 0.4) is 0 Å². The van der Waals surface area contributed by atoms with Gasteiger partial charge in [0.2, 0.25) is 0 Å². The van der Waals surface area contributed by atoms with Gasteiger partial charge in [0.25, 0.3) is 0 Å². The summed E-state index contributed by atoms with van der Waals surface area (Å²) in [6.45, 7) is 1.99. The fourth-order valence-corrected chi connectivity index (χ4v) is 1.95. The summed E-state index contributed by atoms with van der Waals surface area (Å²) < 4.78 is 14.0. The highest BCUT2D eigenvalue weighted by atomic mass is 79.9. The van der Waals surface area contributed by atoms with Crippen LogP contribution in [0.5, 0.6) is 0 Å². The van der Waals surface area contributed by atoms with Crippen LogP contribution in [-0.4, -0.2) is 4.98 Å². The monoisotopic (exact) mass is 294 g/mol. The minimum atomic E-state index is -0.218. The molecule has 4 heteroatoms. The van der Waals surface area contributed by atoms with Gasteiger partial charge in [-0.1, -0.05) is 12.1 Å². The van der Waals surface area contributed by atoms with E-state index in [2.05, 4.69) is 26.2 Å². The minimum absolute atomic E-state index is 0.0319. The molecule has 1 atom stereocenters. The third-order valence-electron chi connectivity index (χ3n) is 2.49. The highest BCUT2D eigenvalue weighted by Crippen LogP contribution is 2.25. The average Bonchev–Trinajstić information content (AvgIpc) is 2.32. The molecule has 0 saturated heterocycles. The molecule has 1 N–H and O–H groups in total. The van der Waals surface area contributed by atoms with Crippen molar-refractivity contribution in [1.29, 1.82) is 0 Å². The van der Waals surface area contributed by atoms with Crippen LogP contribution in [0.4, 0.5) is 10.1 Å². The fraction of sp³-hybridized carbons (Fsp3) is 0.154. The smallest absolute Gasteiger partial charge is 0.123 e. The summed E-state index contributed by atoms with van der Waals surface area (Å²) in [7, 11) is 0. The van der Waals surface area contributed by atoms with Gasteiger partial charge in [0, 0.05) is 18.4 Å². The summed E-state index contributed by atoms with van der Waals surface area (Å²) >= 11 is 3.41. The number of aromatic nitrogens is 1. The minimum Gasteiger partial charge on any atom is -0.378 e. The van der Waals surface area contributed by atoms with Gasteiger partial charge in [-0.15, -0.1) is 0 Å². The molecule has 2 aromatic rings. The van der Waals surface area contributed by atoms with Gasteiger partial charge in [-0.25, -0.2) is 4.39 Å². The molecule has 0 amide bonds. The van der Waals surface area contributed by atoms with Crippen LogP contribution in [0.25, 0.3) is 0 Å². The van der Waals surface area contributed by atoms with E-state index in [9.17, 15) is 4.39 Å². The lowest BCUT2D eigenvalue weighted by Gasteiger charge is -2.16. The molecule has 1 heterocycles. The van der Waals surface area contributed by atoms with Crippen LogP contribution >= 0.6 is 15.9 Å². The molecule has 0 aliphatic heterocycles. The first kappa shape index (κ1) is 12.0. The van der Waals surface area contributed by atoms with E-state index >= 15 is 0 Å². The molecular formula is C13H12BrFN2. The Balaban J connectivity index is 2.17. The summed E-state index contributed by atoms with van der Waals surface area (Å²) in [6, 6.07) is 8.50. The third kappa shape index (κ3) is 3.03. The van der Waals surface area contributed by atoms with Gasteiger partial charge in [0.1, 0.15) is 5.82 Å². The number of rotatable bonds is 3. The van der Waals surface area contributed by atoms with Crippen molar-refractivity contribution >= 4 is 21.6 Å². The Labute approximate surface area is 108 Å². The molecule has 0 bridgehead atoms. The van der Waals surface area contributed by atoms with E-state index in [4.69, 9.17) is 0 Å².